The first-order valence-electron chi connectivity index (χ1n) is 6.93. The number of nitrogens with one attached hydrogen (secondary N) is 1. The van der Waals surface area contributed by atoms with E-state index in [0.29, 0.717) is 24.5 Å². The third-order valence-electron chi connectivity index (χ3n) is 3.25. The van der Waals surface area contributed by atoms with Crippen LogP contribution in [-0.4, -0.2) is 27.8 Å². The van der Waals surface area contributed by atoms with Crippen molar-refractivity contribution in [3.05, 3.63) is 53.9 Å². The Kier molecular flexibility index (Phi) is 4.01. The smallest absolute Gasteiger partial charge is 0.273 e. The first kappa shape index (κ1) is 14.7. The normalized spacial score (nSPS) is 10.6. The van der Waals surface area contributed by atoms with E-state index in [1.807, 2.05) is 0 Å². The lowest BCUT2D eigenvalue weighted by Gasteiger charge is -2.04. The van der Waals surface area contributed by atoms with Crippen molar-refractivity contribution in [2.24, 2.45) is 0 Å². The van der Waals surface area contributed by atoms with Crippen molar-refractivity contribution in [3.8, 4) is 23.0 Å². The van der Waals surface area contributed by atoms with Crippen LogP contribution in [0.5, 0.6) is 11.5 Å². The lowest BCUT2D eigenvalue weighted by Crippen LogP contribution is -2.25. The third-order valence-corrected chi connectivity index (χ3v) is 3.25. The van der Waals surface area contributed by atoms with Crippen molar-refractivity contribution in [1.29, 1.82) is 0 Å². The number of hydrogen-bond donors (Lipinski definition) is 3. The van der Waals surface area contributed by atoms with Crippen molar-refractivity contribution < 1.29 is 23.9 Å². The van der Waals surface area contributed by atoms with Gasteiger partial charge in [-0.1, -0.05) is 11.2 Å². The molecule has 1 aromatic carbocycles. The van der Waals surface area contributed by atoms with Gasteiger partial charge in [0.15, 0.2) is 23.0 Å². The molecule has 0 saturated carbocycles. The van der Waals surface area contributed by atoms with Gasteiger partial charge in [0.25, 0.3) is 5.91 Å². The van der Waals surface area contributed by atoms with Gasteiger partial charge in [0, 0.05) is 12.6 Å². The van der Waals surface area contributed by atoms with Crippen LogP contribution in [0.2, 0.25) is 0 Å². The monoisotopic (exact) mass is 314 g/mol. The fourth-order valence-corrected chi connectivity index (χ4v) is 2.05. The molecule has 3 rings (SSSR count). The Balaban J connectivity index is 1.56. The van der Waals surface area contributed by atoms with Crippen LogP contribution in [-0.2, 0) is 6.42 Å². The molecule has 23 heavy (non-hydrogen) atoms. The highest BCUT2D eigenvalue weighted by atomic mass is 16.5. The van der Waals surface area contributed by atoms with Gasteiger partial charge in [-0.05, 0) is 36.2 Å². The first-order chi connectivity index (χ1) is 11.1. The number of carbonyl (C=O) groups excluding carboxylic acids is 1. The van der Waals surface area contributed by atoms with Crippen LogP contribution >= 0.6 is 0 Å². The van der Waals surface area contributed by atoms with E-state index < -0.39 is 0 Å². The Labute approximate surface area is 131 Å². The van der Waals surface area contributed by atoms with Crippen molar-refractivity contribution in [1.82, 2.24) is 10.5 Å². The molecule has 0 spiro atoms. The minimum atomic E-state index is -0.366. The molecule has 2 aromatic heterocycles. The van der Waals surface area contributed by atoms with E-state index in [-0.39, 0.29) is 23.1 Å². The van der Waals surface area contributed by atoms with Gasteiger partial charge in [0.05, 0.1) is 6.26 Å². The van der Waals surface area contributed by atoms with Gasteiger partial charge in [-0.2, -0.15) is 0 Å². The lowest BCUT2D eigenvalue weighted by atomic mass is 10.1. The van der Waals surface area contributed by atoms with Crippen LogP contribution in [0.15, 0.2) is 51.6 Å². The number of furan rings is 1. The maximum absolute atomic E-state index is 12.0. The Morgan fingerprint density at radius 1 is 1.13 bits per heavy atom. The molecule has 2 heterocycles. The van der Waals surface area contributed by atoms with Crippen molar-refractivity contribution in [2.45, 2.75) is 6.42 Å². The molecule has 7 heteroatoms. The summed E-state index contributed by atoms with van der Waals surface area (Å²) in [5.41, 5.74) is 0.946. The van der Waals surface area contributed by atoms with Gasteiger partial charge in [-0.15, -0.1) is 0 Å². The summed E-state index contributed by atoms with van der Waals surface area (Å²) >= 11 is 0. The van der Waals surface area contributed by atoms with Crippen LogP contribution in [0.1, 0.15) is 16.1 Å². The second kappa shape index (κ2) is 6.27. The number of benzene rings is 1. The molecule has 118 valence electrons. The number of amides is 1. The number of carbonyl (C=O) groups is 1. The summed E-state index contributed by atoms with van der Waals surface area (Å²) in [7, 11) is 0. The number of phenolic OH excluding ortho intramolecular Hbond substituents is 2. The molecule has 0 aliphatic carbocycles. The van der Waals surface area contributed by atoms with E-state index >= 15 is 0 Å². The summed E-state index contributed by atoms with van der Waals surface area (Å²) in [6.45, 7) is 0.353. The number of aromatic hydroxyl groups is 2. The van der Waals surface area contributed by atoms with Crippen molar-refractivity contribution in [3.63, 3.8) is 0 Å². The van der Waals surface area contributed by atoms with Gasteiger partial charge in [0.1, 0.15) is 0 Å². The van der Waals surface area contributed by atoms with Gasteiger partial charge in [0.2, 0.25) is 5.76 Å². The van der Waals surface area contributed by atoms with Crippen LogP contribution in [0, 0.1) is 0 Å². The summed E-state index contributed by atoms with van der Waals surface area (Å²) in [6, 6.07) is 9.45. The highest BCUT2D eigenvalue weighted by molar-refractivity contribution is 5.92. The van der Waals surface area contributed by atoms with Gasteiger partial charge in [-0.25, -0.2) is 0 Å². The third kappa shape index (κ3) is 3.34. The van der Waals surface area contributed by atoms with E-state index in [1.54, 1.807) is 18.2 Å². The highest BCUT2D eigenvalue weighted by Gasteiger charge is 2.14. The predicted octanol–water partition coefficient (Wildman–Crippen LogP) is 2.32. The average Bonchev–Trinajstić information content (AvgIpc) is 3.20. The molecular weight excluding hydrogens is 300 g/mol. The Morgan fingerprint density at radius 3 is 2.74 bits per heavy atom. The molecule has 0 atom stereocenters. The van der Waals surface area contributed by atoms with E-state index in [9.17, 15) is 15.0 Å². The van der Waals surface area contributed by atoms with Crippen LogP contribution < -0.4 is 5.32 Å². The quantitative estimate of drug-likeness (QED) is 0.624. The number of rotatable bonds is 5. The van der Waals surface area contributed by atoms with Gasteiger partial charge in [-0.3, -0.25) is 4.79 Å². The molecule has 3 aromatic rings. The Morgan fingerprint density at radius 2 is 2.00 bits per heavy atom. The molecule has 0 radical (unpaired) electrons. The summed E-state index contributed by atoms with van der Waals surface area (Å²) in [5, 5.41) is 25.1. The largest absolute Gasteiger partial charge is 0.504 e. The molecule has 0 unspecified atom stereocenters. The topological polar surface area (TPSA) is 109 Å². The maximum atomic E-state index is 12.0. The van der Waals surface area contributed by atoms with Crippen LogP contribution in [0.3, 0.4) is 0 Å². The molecule has 1 amide bonds. The molecule has 3 N–H and O–H groups in total. The zero-order valence-electron chi connectivity index (χ0n) is 12.0. The van der Waals surface area contributed by atoms with Crippen LogP contribution in [0.25, 0.3) is 11.5 Å². The molecular formula is C16H14N2O5. The van der Waals surface area contributed by atoms with Crippen LogP contribution in [0.4, 0.5) is 0 Å². The van der Waals surface area contributed by atoms with Gasteiger partial charge >= 0.3 is 0 Å². The Bertz CT molecular complexity index is 808. The molecule has 0 saturated heterocycles. The minimum absolute atomic E-state index is 0.157. The number of nitrogens with zero attached hydrogens (tertiary/aromatic N) is 1. The molecule has 7 nitrogen and oxygen atoms in total. The maximum Gasteiger partial charge on any atom is 0.273 e. The standard InChI is InChI=1S/C16H14N2O5/c19-12-4-3-10(8-13(12)20)5-6-17-16(21)11-9-15(23-18-11)14-2-1-7-22-14/h1-4,7-9,19-20H,5-6H2,(H,17,21). The molecule has 0 fully saturated rings. The summed E-state index contributed by atoms with van der Waals surface area (Å²) in [6.07, 6.45) is 2.01. The zero-order valence-corrected chi connectivity index (χ0v) is 12.0. The van der Waals surface area contributed by atoms with E-state index in [2.05, 4.69) is 10.5 Å². The average molecular weight is 314 g/mol. The van der Waals surface area contributed by atoms with E-state index in [0.717, 1.165) is 5.56 Å². The zero-order chi connectivity index (χ0) is 16.2. The number of aromatic nitrogens is 1. The number of hydrogen-bond acceptors (Lipinski definition) is 6. The minimum Gasteiger partial charge on any atom is -0.504 e. The second-order valence-corrected chi connectivity index (χ2v) is 4.88. The fourth-order valence-electron chi connectivity index (χ4n) is 2.05. The van der Waals surface area contributed by atoms with Crippen molar-refractivity contribution >= 4 is 5.91 Å². The van der Waals surface area contributed by atoms with Gasteiger partial charge < -0.3 is 24.5 Å². The first-order valence-corrected chi connectivity index (χ1v) is 6.93. The predicted molar refractivity (Wildman–Crippen MR) is 80.0 cm³/mol. The lowest BCUT2D eigenvalue weighted by molar-refractivity contribution is 0.0945. The highest BCUT2D eigenvalue weighted by Crippen LogP contribution is 2.25. The molecule has 0 bridgehead atoms. The Hall–Kier alpha value is -3.22. The SMILES string of the molecule is O=C(NCCc1ccc(O)c(O)c1)c1cc(-c2ccco2)on1. The summed E-state index contributed by atoms with van der Waals surface area (Å²) in [4.78, 5) is 12.0. The summed E-state index contributed by atoms with van der Waals surface area (Å²) in [5.74, 6) is 0.147. The van der Waals surface area contributed by atoms with E-state index in [1.165, 1.54) is 24.5 Å². The van der Waals surface area contributed by atoms with Crippen molar-refractivity contribution in [2.75, 3.05) is 6.54 Å². The molecule has 0 aliphatic heterocycles. The van der Waals surface area contributed by atoms with E-state index in [4.69, 9.17) is 8.94 Å². The fraction of sp³-hybridized carbons (Fsp3) is 0.125. The molecule has 0 aliphatic rings. The number of phenols is 2. The second-order valence-electron chi connectivity index (χ2n) is 4.88. The summed E-state index contributed by atoms with van der Waals surface area (Å²) < 4.78 is 10.2.